The molecule has 16 heavy (non-hydrogen) atoms. The van der Waals surface area contributed by atoms with Gasteiger partial charge < -0.3 is 0 Å². The molecule has 0 aromatic heterocycles. The third kappa shape index (κ3) is 2.54. The molecule has 0 saturated heterocycles. The van der Waals surface area contributed by atoms with Gasteiger partial charge in [0.05, 0.1) is 0 Å². The molecular formula is C13H11F3. The summed E-state index contributed by atoms with van der Waals surface area (Å²) < 4.78 is 36.4. The highest BCUT2D eigenvalue weighted by atomic mass is 19.4. The Labute approximate surface area is 91.7 Å². The summed E-state index contributed by atoms with van der Waals surface area (Å²) in [7, 11) is 0. The SMILES string of the molecule is FC(F)(F)CCc1cccc2ccccc12. The topological polar surface area (TPSA) is 0 Å². The van der Waals surface area contributed by atoms with Crippen LogP contribution in [0.1, 0.15) is 12.0 Å². The second-order valence-corrected chi connectivity index (χ2v) is 3.75. The highest BCUT2D eigenvalue weighted by Gasteiger charge is 2.26. The molecule has 0 aliphatic carbocycles. The Morgan fingerprint density at radius 3 is 2.31 bits per heavy atom. The van der Waals surface area contributed by atoms with E-state index in [0.29, 0.717) is 0 Å². The number of benzene rings is 2. The molecule has 2 aromatic carbocycles. The van der Waals surface area contributed by atoms with Gasteiger partial charge in [-0.05, 0) is 22.8 Å². The first-order chi connectivity index (χ1) is 7.56. The summed E-state index contributed by atoms with van der Waals surface area (Å²) in [5, 5.41) is 1.90. The average Bonchev–Trinajstić information content (AvgIpc) is 2.25. The van der Waals surface area contributed by atoms with E-state index in [1.54, 1.807) is 12.1 Å². The molecule has 0 nitrogen and oxygen atoms in total. The predicted molar refractivity (Wildman–Crippen MR) is 58.3 cm³/mol. The van der Waals surface area contributed by atoms with Crippen LogP contribution in [-0.2, 0) is 6.42 Å². The fraction of sp³-hybridized carbons (Fsp3) is 0.231. The van der Waals surface area contributed by atoms with Gasteiger partial charge in [0, 0.05) is 6.42 Å². The quantitative estimate of drug-likeness (QED) is 0.712. The zero-order chi connectivity index (χ0) is 11.6. The molecule has 0 amide bonds. The number of alkyl halides is 3. The first-order valence-corrected chi connectivity index (χ1v) is 5.10. The number of rotatable bonds is 2. The van der Waals surface area contributed by atoms with Crippen LogP contribution in [0.3, 0.4) is 0 Å². The number of hydrogen-bond donors (Lipinski definition) is 0. The minimum absolute atomic E-state index is 0.0465. The summed E-state index contributed by atoms with van der Waals surface area (Å²) in [6.07, 6.45) is -4.80. The van der Waals surface area contributed by atoms with Crippen LogP contribution in [0.2, 0.25) is 0 Å². The van der Waals surface area contributed by atoms with Gasteiger partial charge in [-0.1, -0.05) is 42.5 Å². The molecule has 0 aliphatic heterocycles. The van der Waals surface area contributed by atoms with E-state index >= 15 is 0 Å². The number of halogens is 3. The molecule has 2 aromatic rings. The van der Waals surface area contributed by atoms with Crippen LogP contribution in [0.4, 0.5) is 13.2 Å². The molecule has 0 saturated carbocycles. The molecule has 0 aliphatic rings. The highest BCUT2D eigenvalue weighted by Crippen LogP contribution is 2.25. The van der Waals surface area contributed by atoms with Crippen molar-refractivity contribution >= 4 is 10.8 Å². The van der Waals surface area contributed by atoms with E-state index in [-0.39, 0.29) is 6.42 Å². The fourth-order valence-corrected chi connectivity index (χ4v) is 1.79. The molecule has 0 N–H and O–H groups in total. The summed E-state index contributed by atoms with van der Waals surface area (Å²) in [6.45, 7) is 0. The standard InChI is InChI=1S/C13H11F3/c14-13(15,16)9-8-11-6-3-5-10-4-1-2-7-12(10)11/h1-7H,8-9H2. The summed E-state index contributed by atoms with van der Waals surface area (Å²) in [5.74, 6) is 0. The highest BCUT2D eigenvalue weighted by molar-refractivity contribution is 5.85. The van der Waals surface area contributed by atoms with E-state index in [2.05, 4.69) is 0 Å². The van der Waals surface area contributed by atoms with E-state index < -0.39 is 12.6 Å². The van der Waals surface area contributed by atoms with Gasteiger partial charge in [-0.3, -0.25) is 0 Å². The smallest absolute Gasteiger partial charge is 0.171 e. The van der Waals surface area contributed by atoms with Gasteiger partial charge in [0.25, 0.3) is 0 Å². The Balaban J connectivity index is 2.30. The molecule has 84 valence electrons. The van der Waals surface area contributed by atoms with Crippen molar-refractivity contribution in [2.45, 2.75) is 19.0 Å². The Hall–Kier alpha value is -1.51. The zero-order valence-corrected chi connectivity index (χ0v) is 8.59. The van der Waals surface area contributed by atoms with Crippen molar-refractivity contribution in [3.63, 3.8) is 0 Å². The third-order valence-corrected chi connectivity index (χ3v) is 2.56. The zero-order valence-electron chi connectivity index (χ0n) is 8.59. The van der Waals surface area contributed by atoms with Gasteiger partial charge >= 0.3 is 6.18 Å². The number of aryl methyl sites for hydroxylation is 1. The van der Waals surface area contributed by atoms with Crippen LogP contribution in [-0.4, -0.2) is 6.18 Å². The second-order valence-electron chi connectivity index (χ2n) is 3.75. The van der Waals surface area contributed by atoms with Crippen LogP contribution in [0.25, 0.3) is 10.8 Å². The lowest BCUT2D eigenvalue weighted by Crippen LogP contribution is -2.08. The molecule has 0 unspecified atom stereocenters. The van der Waals surface area contributed by atoms with Crippen molar-refractivity contribution in [2.75, 3.05) is 0 Å². The molecule has 0 bridgehead atoms. The normalized spacial score (nSPS) is 11.9. The van der Waals surface area contributed by atoms with Gasteiger partial charge in [-0.15, -0.1) is 0 Å². The number of fused-ring (bicyclic) bond motifs is 1. The minimum Gasteiger partial charge on any atom is -0.171 e. The maximum absolute atomic E-state index is 12.1. The largest absolute Gasteiger partial charge is 0.389 e. The first-order valence-electron chi connectivity index (χ1n) is 5.10. The molecule has 0 fully saturated rings. The van der Waals surface area contributed by atoms with Crippen molar-refractivity contribution in [2.24, 2.45) is 0 Å². The van der Waals surface area contributed by atoms with Crippen molar-refractivity contribution in [1.82, 2.24) is 0 Å². The van der Waals surface area contributed by atoms with Crippen LogP contribution < -0.4 is 0 Å². The monoisotopic (exact) mass is 224 g/mol. The summed E-state index contributed by atoms with van der Waals surface area (Å²) in [6, 6.07) is 13.0. The third-order valence-electron chi connectivity index (χ3n) is 2.56. The first kappa shape index (κ1) is 11.0. The average molecular weight is 224 g/mol. The van der Waals surface area contributed by atoms with E-state index in [1.165, 1.54) is 0 Å². The Morgan fingerprint density at radius 2 is 1.56 bits per heavy atom. The maximum Gasteiger partial charge on any atom is 0.389 e. The van der Waals surface area contributed by atoms with Gasteiger partial charge in [0.2, 0.25) is 0 Å². The van der Waals surface area contributed by atoms with Crippen LogP contribution in [0.15, 0.2) is 42.5 Å². The summed E-state index contributed by atoms with van der Waals surface area (Å²) >= 11 is 0. The Kier molecular flexibility index (Phi) is 2.86. The Bertz CT molecular complexity index is 480. The predicted octanol–water partition coefficient (Wildman–Crippen LogP) is 4.33. The van der Waals surface area contributed by atoms with E-state index in [0.717, 1.165) is 16.3 Å². The minimum atomic E-state index is -4.09. The van der Waals surface area contributed by atoms with Gasteiger partial charge in [0.15, 0.2) is 0 Å². The molecule has 0 heterocycles. The fourth-order valence-electron chi connectivity index (χ4n) is 1.79. The summed E-state index contributed by atoms with van der Waals surface area (Å²) in [4.78, 5) is 0. The van der Waals surface area contributed by atoms with Crippen molar-refractivity contribution in [3.05, 3.63) is 48.0 Å². The molecule has 0 atom stereocenters. The van der Waals surface area contributed by atoms with Crippen LogP contribution >= 0.6 is 0 Å². The van der Waals surface area contributed by atoms with Crippen molar-refractivity contribution in [1.29, 1.82) is 0 Å². The second kappa shape index (κ2) is 4.16. The van der Waals surface area contributed by atoms with Crippen LogP contribution in [0.5, 0.6) is 0 Å². The summed E-state index contributed by atoms with van der Waals surface area (Å²) in [5.41, 5.74) is 0.760. The van der Waals surface area contributed by atoms with Crippen molar-refractivity contribution in [3.8, 4) is 0 Å². The van der Waals surface area contributed by atoms with Gasteiger partial charge in [-0.25, -0.2) is 0 Å². The molecule has 0 radical (unpaired) electrons. The van der Waals surface area contributed by atoms with E-state index in [4.69, 9.17) is 0 Å². The lowest BCUT2D eigenvalue weighted by Gasteiger charge is -2.08. The Morgan fingerprint density at radius 1 is 0.875 bits per heavy atom. The van der Waals surface area contributed by atoms with Crippen LogP contribution in [0, 0.1) is 0 Å². The lowest BCUT2D eigenvalue weighted by molar-refractivity contribution is -0.133. The van der Waals surface area contributed by atoms with Crippen molar-refractivity contribution < 1.29 is 13.2 Å². The molecule has 3 heteroatoms. The van der Waals surface area contributed by atoms with Gasteiger partial charge in [0.1, 0.15) is 0 Å². The van der Waals surface area contributed by atoms with Gasteiger partial charge in [-0.2, -0.15) is 13.2 Å². The lowest BCUT2D eigenvalue weighted by atomic mass is 10.0. The molecule has 2 rings (SSSR count). The van der Waals surface area contributed by atoms with E-state index in [9.17, 15) is 13.2 Å². The number of hydrogen-bond acceptors (Lipinski definition) is 0. The maximum atomic E-state index is 12.1. The molecule has 0 spiro atoms. The molecular weight excluding hydrogens is 213 g/mol. The van der Waals surface area contributed by atoms with E-state index in [1.807, 2.05) is 30.3 Å².